The molecule has 0 heterocycles. The van der Waals surface area contributed by atoms with Crippen molar-refractivity contribution in [3.05, 3.63) is 0 Å². The van der Waals surface area contributed by atoms with Crippen molar-refractivity contribution in [2.75, 3.05) is 0 Å². The van der Waals surface area contributed by atoms with Gasteiger partial charge in [-0.15, -0.1) is 0 Å². The van der Waals surface area contributed by atoms with Crippen LogP contribution in [0.1, 0.15) is 130 Å². The molecule has 0 rings (SSSR count). The van der Waals surface area contributed by atoms with Crippen LogP contribution in [0.25, 0.3) is 0 Å². The van der Waals surface area contributed by atoms with Crippen molar-refractivity contribution < 1.29 is 5.11 Å². The predicted octanol–water partition coefficient (Wildman–Crippen LogP) is 7.65. The fraction of sp³-hybridized carbons (Fsp3) is 1.00. The van der Waals surface area contributed by atoms with Crippen LogP contribution in [-0.2, 0) is 0 Å². The molecule has 2 unspecified atom stereocenters. The molecule has 0 bridgehead atoms. The Balaban J connectivity index is 3.32. The molecule has 0 aromatic heterocycles. The molecule has 1 N–H and O–H groups in total. The van der Waals surface area contributed by atoms with Crippen molar-refractivity contribution in [3.8, 4) is 0 Å². The molecule has 0 amide bonds. The lowest BCUT2D eigenvalue weighted by atomic mass is 9.93. The zero-order valence-corrected chi connectivity index (χ0v) is 16.6. The fourth-order valence-corrected chi connectivity index (χ4v) is 3.39. The summed E-state index contributed by atoms with van der Waals surface area (Å²) >= 11 is 0. The molecule has 0 aliphatic carbocycles. The minimum Gasteiger partial charge on any atom is -0.393 e. The number of aliphatic hydroxyl groups excluding tert-OH is 1. The summed E-state index contributed by atoms with van der Waals surface area (Å²) in [5.41, 5.74) is 0. The molecule has 0 fully saturated rings. The van der Waals surface area contributed by atoms with Crippen molar-refractivity contribution in [2.24, 2.45) is 5.92 Å². The first-order valence-corrected chi connectivity index (χ1v) is 10.9. The highest BCUT2D eigenvalue weighted by Gasteiger charge is 2.13. The van der Waals surface area contributed by atoms with Crippen LogP contribution in [0.4, 0.5) is 0 Å². The highest BCUT2D eigenvalue weighted by Crippen LogP contribution is 2.19. The van der Waals surface area contributed by atoms with Gasteiger partial charge in [0.2, 0.25) is 0 Å². The molecule has 0 saturated carbocycles. The van der Waals surface area contributed by atoms with Gasteiger partial charge in [0, 0.05) is 0 Å². The largest absolute Gasteiger partial charge is 0.393 e. The van der Waals surface area contributed by atoms with Crippen molar-refractivity contribution >= 4 is 0 Å². The first kappa shape index (κ1) is 23.0. The fourth-order valence-electron chi connectivity index (χ4n) is 3.39. The molecule has 0 aromatic rings. The maximum atomic E-state index is 10.3. The zero-order valence-electron chi connectivity index (χ0n) is 16.6. The van der Waals surface area contributed by atoms with Crippen LogP contribution in [0.15, 0.2) is 0 Å². The van der Waals surface area contributed by atoms with Crippen LogP contribution in [0.2, 0.25) is 0 Å². The molecule has 0 aromatic carbocycles. The zero-order chi connectivity index (χ0) is 17.2. The highest BCUT2D eigenvalue weighted by atomic mass is 16.3. The van der Waals surface area contributed by atoms with Gasteiger partial charge in [-0.1, -0.05) is 117 Å². The Morgan fingerprint density at radius 3 is 1.30 bits per heavy atom. The van der Waals surface area contributed by atoms with E-state index < -0.39 is 0 Å². The normalized spacial score (nSPS) is 14.1. The van der Waals surface area contributed by atoms with E-state index in [4.69, 9.17) is 0 Å². The SMILES string of the molecule is CCCCCCCCCCCC(O)C(C)CCCCCCCC. The van der Waals surface area contributed by atoms with Crippen molar-refractivity contribution in [2.45, 2.75) is 136 Å². The van der Waals surface area contributed by atoms with Gasteiger partial charge in [-0.2, -0.15) is 0 Å². The second kappa shape index (κ2) is 18.3. The van der Waals surface area contributed by atoms with Crippen molar-refractivity contribution in [1.29, 1.82) is 0 Å². The van der Waals surface area contributed by atoms with E-state index in [1.807, 2.05) is 0 Å². The minimum atomic E-state index is -0.0600. The van der Waals surface area contributed by atoms with Crippen LogP contribution in [0.5, 0.6) is 0 Å². The van der Waals surface area contributed by atoms with E-state index in [-0.39, 0.29) is 6.10 Å². The summed E-state index contributed by atoms with van der Waals surface area (Å²) in [6.45, 7) is 6.79. The average molecular weight is 327 g/mol. The third-order valence-corrected chi connectivity index (χ3v) is 5.27. The van der Waals surface area contributed by atoms with Crippen molar-refractivity contribution in [1.82, 2.24) is 0 Å². The molecular formula is C22H46O. The van der Waals surface area contributed by atoms with Gasteiger partial charge >= 0.3 is 0 Å². The van der Waals surface area contributed by atoms with Crippen LogP contribution in [0.3, 0.4) is 0 Å². The van der Waals surface area contributed by atoms with Crippen LogP contribution >= 0.6 is 0 Å². The monoisotopic (exact) mass is 326 g/mol. The van der Waals surface area contributed by atoms with Gasteiger partial charge in [0.15, 0.2) is 0 Å². The Morgan fingerprint density at radius 2 is 0.870 bits per heavy atom. The van der Waals surface area contributed by atoms with E-state index in [1.54, 1.807) is 0 Å². The number of unbranched alkanes of at least 4 members (excludes halogenated alkanes) is 13. The maximum Gasteiger partial charge on any atom is 0.0565 e. The van der Waals surface area contributed by atoms with Gasteiger partial charge in [0.05, 0.1) is 6.10 Å². The Morgan fingerprint density at radius 1 is 0.522 bits per heavy atom. The van der Waals surface area contributed by atoms with Crippen LogP contribution in [0, 0.1) is 5.92 Å². The molecule has 0 radical (unpaired) electrons. The summed E-state index contributed by atoms with van der Waals surface area (Å²) in [5, 5.41) is 10.3. The van der Waals surface area contributed by atoms with E-state index in [0.717, 1.165) is 6.42 Å². The maximum absolute atomic E-state index is 10.3. The van der Waals surface area contributed by atoms with Crippen molar-refractivity contribution in [3.63, 3.8) is 0 Å². The molecule has 0 saturated heterocycles. The number of hydrogen-bond donors (Lipinski definition) is 1. The Hall–Kier alpha value is -0.0400. The van der Waals surface area contributed by atoms with E-state index in [9.17, 15) is 5.11 Å². The lowest BCUT2D eigenvalue weighted by Gasteiger charge is -2.18. The van der Waals surface area contributed by atoms with E-state index in [1.165, 1.54) is 103 Å². The van der Waals surface area contributed by atoms with Crippen LogP contribution in [-0.4, -0.2) is 11.2 Å². The topological polar surface area (TPSA) is 20.2 Å². The first-order valence-electron chi connectivity index (χ1n) is 10.9. The Labute approximate surface area is 147 Å². The lowest BCUT2D eigenvalue weighted by Crippen LogP contribution is -2.17. The standard InChI is InChI=1S/C22H46O/c1-4-6-8-10-12-13-14-16-18-20-22(23)21(3)19-17-15-11-9-7-5-2/h21-23H,4-20H2,1-3H3. The summed E-state index contributed by atoms with van der Waals surface area (Å²) in [6.07, 6.45) is 22.6. The molecule has 0 aliphatic rings. The molecule has 0 spiro atoms. The third-order valence-electron chi connectivity index (χ3n) is 5.27. The highest BCUT2D eigenvalue weighted by molar-refractivity contribution is 4.65. The second-order valence-electron chi connectivity index (χ2n) is 7.72. The summed E-state index contributed by atoms with van der Waals surface area (Å²) in [6, 6.07) is 0. The number of rotatable bonds is 18. The molecular weight excluding hydrogens is 280 g/mol. The molecule has 140 valence electrons. The van der Waals surface area contributed by atoms with Gasteiger partial charge in [-0.05, 0) is 18.8 Å². The molecule has 1 heteroatoms. The minimum absolute atomic E-state index is 0.0600. The van der Waals surface area contributed by atoms with Crippen LogP contribution < -0.4 is 0 Å². The second-order valence-corrected chi connectivity index (χ2v) is 7.72. The summed E-state index contributed by atoms with van der Waals surface area (Å²) in [5.74, 6) is 0.496. The summed E-state index contributed by atoms with van der Waals surface area (Å²) in [7, 11) is 0. The first-order chi connectivity index (χ1) is 11.2. The number of aliphatic hydroxyl groups is 1. The van der Waals surface area contributed by atoms with E-state index >= 15 is 0 Å². The predicted molar refractivity (Wildman–Crippen MR) is 105 cm³/mol. The lowest BCUT2D eigenvalue weighted by molar-refractivity contribution is 0.0985. The van der Waals surface area contributed by atoms with Gasteiger partial charge in [-0.25, -0.2) is 0 Å². The molecule has 2 atom stereocenters. The molecule has 23 heavy (non-hydrogen) atoms. The van der Waals surface area contributed by atoms with Gasteiger partial charge in [0.1, 0.15) is 0 Å². The average Bonchev–Trinajstić information content (AvgIpc) is 2.56. The third kappa shape index (κ3) is 16.6. The van der Waals surface area contributed by atoms with Gasteiger partial charge in [0.25, 0.3) is 0 Å². The molecule has 1 nitrogen and oxygen atoms in total. The van der Waals surface area contributed by atoms with E-state index in [0.29, 0.717) is 5.92 Å². The molecule has 0 aliphatic heterocycles. The summed E-state index contributed by atoms with van der Waals surface area (Å²) in [4.78, 5) is 0. The van der Waals surface area contributed by atoms with Gasteiger partial charge in [-0.3, -0.25) is 0 Å². The quantitative estimate of drug-likeness (QED) is 0.256. The Kier molecular flexibility index (Phi) is 18.3. The number of hydrogen-bond acceptors (Lipinski definition) is 1. The van der Waals surface area contributed by atoms with E-state index in [2.05, 4.69) is 20.8 Å². The Bertz CT molecular complexity index is 214. The smallest absolute Gasteiger partial charge is 0.0565 e. The van der Waals surface area contributed by atoms with Gasteiger partial charge < -0.3 is 5.11 Å². The summed E-state index contributed by atoms with van der Waals surface area (Å²) < 4.78 is 0.